The zero-order chi connectivity index (χ0) is 19.4. The van der Waals surface area contributed by atoms with E-state index in [0.717, 1.165) is 5.69 Å². The first-order valence-electron chi connectivity index (χ1n) is 8.62. The van der Waals surface area contributed by atoms with E-state index < -0.39 is 5.25 Å². The molecule has 2 aromatic carbocycles. The van der Waals surface area contributed by atoms with E-state index in [0.29, 0.717) is 22.6 Å². The number of carbonyl (C=O) groups excluding carboxylic acids is 1. The maximum absolute atomic E-state index is 12.8. The summed E-state index contributed by atoms with van der Waals surface area (Å²) in [4.78, 5) is 31.9. The highest BCUT2D eigenvalue weighted by Gasteiger charge is 2.22. The third-order valence-electron chi connectivity index (χ3n) is 4.24. The van der Waals surface area contributed by atoms with E-state index in [2.05, 4.69) is 11.6 Å². The van der Waals surface area contributed by atoms with Crippen molar-refractivity contribution in [1.82, 2.24) is 9.55 Å². The second-order valence-corrected chi connectivity index (χ2v) is 7.42. The highest BCUT2D eigenvalue weighted by molar-refractivity contribution is 8.00. The number of nitrogens with zero attached hydrogens (tertiary/aromatic N) is 3. The second kappa shape index (κ2) is 8.22. The Morgan fingerprint density at radius 2 is 1.89 bits per heavy atom. The summed E-state index contributed by atoms with van der Waals surface area (Å²) in [6, 6.07) is 16.7. The summed E-state index contributed by atoms with van der Waals surface area (Å²) in [6.45, 7) is 5.90. The minimum Gasteiger partial charge on any atom is -0.315 e. The van der Waals surface area contributed by atoms with Gasteiger partial charge in [0.05, 0.1) is 16.2 Å². The van der Waals surface area contributed by atoms with Crippen molar-refractivity contribution >= 4 is 34.3 Å². The van der Waals surface area contributed by atoms with Crippen LogP contribution < -0.4 is 10.5 Å². The van der Waals surface area contributed by atoms with Crippen molar-refractivity contribution in [1.29, 1.82) is 0 Å². The fourth-order valence-corrected chi connectivity index (χ4v) is 3.80. The van der Waals surface area contributed by atoms with Gasteiger partial charge in [-0.25, -0.2) is 4.98 Å². The first-order chi connectivity index (χ1) is 13.0. The molecule has 0 unspecified atom stereocenters. The summed E-state index contributed by atoms with van der Waals surface area (Å²) >= 11 is 1.28. The minimum absolute atomic E-state index is 0.0567. The minimum atomic E-state index is -0.403. The van der Waals surface area contributed by atoms with Gasteiger partial charge in [0.15, 0.2) is 5.16 Å². The molecule has 0 radical (unpaired) electrons. The van der Waals surface area contributed by atoms with Gasteiger partial charge >= 0.3 is 0 Å². The molecular formula is C21H21N3O2S. The van der Waals surface area contributed by atoms with Crippen LogP contribution in [0.5, 0.6) is 0 Å². The zero-order valence-electron chi connectivity index (χ0n) is 15.3. The van der Waals surface area contributed by atoms with Gasteiger partial charge in [-0.1, -0.05) is 48.2 Å². The Balaban J connectivity index is 1.93. The van der Waals surface area contributed by atoms with Crippen LogP contribution in [0, 0.1) is 0 Å². The lowest BCUT2D eigenvalue weighted by Gasteiger charge is -2.22. The number of hydrogen-bond acceptors (Lipinski definition) is 4. The number of rotatable bonds is 6. The molecule has 6 heteroatoms. The van der Waals surface area contributed by atoms with E-state index in [1.54, 1.807) is 28.7 Å². The van der Waals surface area contributed by atoms with E-state index in [1.807, 2.05) is 55.5 Å². The Kier molecular flexibility index (Phi) is 5.76. The lowest BCUT2D eigenvalue weighted by molar-refractivity contribution is -0.117. The molecule has 0 aliphatic rings. The molecule has 0 saturated carbocycles. The van der Waals surface area contributed by atoms with Crippen molar-refractivity contribution in [3.8, 4) is 0 Å². The van der Waals surface area contributed by atoms with Crippen LogP contribution in [0.3, 0.4) is 0 Å². The number of aromatic nitrogens is 2. The second-order valence-electron chi connectivity index (χ2n) is 6.11. The monoisotopic (exact) mass is 379 g/mol. The number of anilines is 1. The Hall–Kier alpha value is -2.86. The Bertz CT molecular complexity index is 1030. The third-order valence-corrected chi connectivity index (χ3v) is 5.32. The average Bonchev–Trinajstić information content (AvgIpc) is 2.70. The van der Waals surface area contributed by atoms with Gasteiger partial charge < -0.3 is 4.90 Å². The third kappa shape index (κ3) is 3.95. The van der Waals surface area contributed by atoms with Crippen LogP contribution in [0.2, 0.25) is 0 Å². The zero-order valence-corrected chi connectivity index (χ0v) is 16.1. The Labute approximate surface area is 162 Å². The van der Waals surface area contributed by atoms with Crippen molar-refractivity contribution < 1.29 is 4.79 Å². The number of thioether (sulfide) groups is 1. The molecular weight excluding hydrogens is 358 g/mol. The molecule has 3 rings (SSSR count). The average molecular weight is 379 g/mol. The smallest absolute Gasteiger partial charge is 0.262 e. The molecule has 0 N–H and O–H groups in total. The van der Waals surface area contributed by atoms with Crippen LogP contribution in [0.15, 0.2) is 77.2 Å². The predicted octanol–water partition coefficient (Wildman–Crippen LogP) is 3.73. The van der Waals surface area contributed by atoms with E-state index in [1.165, 1.54) is 11.8 Å². The molecule has 1 aromatic heterocycles. The van der Waals surface area contributed by atoms with Gasteiger partial charge in [0.25, 0.3) is 5.56 Å². The Morgan fingerprint density at radius 3 is 2.59 bits per heavy atom. The van der Waals surface area contributed by atoms with Crippen LogP contribution in [-0.4, -0.2) is 27.8 Å². The van der Waals surface area contributed by atoms with E-state index >= 15 is 0 Å². The van der Waals surface area contributed by atoms with Crippen molar-refractivity contribution in [2.24, 2.45) is 0 Å². The summed E-state index contributed by atoms with van der Waals surface area (Å²) in [5.74, 6) is -0.0567. The molecule has 138 valence electrons. The van der Waals surface area contributed by atoms with E-state index in [4.69, 9.17) is 0 Å². The lowest BCUT2D eigenvalue weighted by Crippen LogP contribution is -2.34. The summed E-state index contributed by atoms with van der Waals surface area (Å²) in [6.07, 6.45) is 1.66. The largest absolute Gasteiger partial charge is 0.315 e. The van der Waals surface area contributed by atoms with Crippen molar-refractivity contribution in [2.75, 3.05) is 11.9 Å². The fraction of sp³-hybridized carbons (Fsp3) is 0.190. The molecule has 1 heterocycles. The van der Waals surface area contributed by atoms with Gasteiger partial charge in [-0.3, -0.25) is 14.2 Å². The number of carbonyl (C=O) groups is 1. The van der Waals surface area contributed by atoms with Crippen molar-refractivity contribution in [2.45, 2.75) is 23.9 Å². The first kappa shape index (κ1) is 18.9. The number of para-hydroxylation sites is 2. The van der Waals surface area contributed by atoms with Crippen LogP contribution in [0.25, 0.3) is 10.9 Å². The number of hydrogen-bond donors (Lipinski definition) is 0. The lowest BCUT2D eigenvalue weighted by atomic mass is 10.2. The number of allylic oxidation sites excluding steroid dienone is 1. The fourth-order valence-electron chi connectivity index (χ4n) is 2.79. The number of benzene rings is 2. The van der Waals surface area contributed by atoms with Crippen molar-refractivity contribution in [3.05, 3.63) is 77.6 Å². The molecule has 3 aromatic rings. The van der Waals surface area contributed by atoms with Gasteiger partial charge in [0.1, 0.15) is 0 Å². The molecule has 5 nitrogen and oxygen atoms in total. The maximum atomic E-state index is 12.8. The Morgan fingerprint density at radius 1 is 1.22 bits per heavy atom. The van der Waals surface area contributed by atoms with Crippen LogP contribution in [-0.2, 0) is 11.3 Å². The quantitative estimate of drug-likeness (QED) is 0.372. The number of fused-ring (bicyclic) bond motifs is 1. The number of amides is 1. The van der Waals surface area contributed by atoms with Gasteiger partial charge in [-0.05, 0) is 31.2 Å². The maximum Gasteiger partial charge on any atom is 0.262 e. The van der Waals surface area contributed by atoms with Gasteiger partial charge in [0, 0.05) is 19.3 Å². The summed E-state index contributed by atoms with van der Waals surface area (Å²) in [5.41, 5.74) is 1.32. The molecule has 0 spiro atoms. The van der Waals surface area contributed by atoms with Crippen molar-refractivity contribution in [3.63, 3.8) is 0 Å². The van der Waals surface area contributed by atoms with Crippen LogP contribution >= 0.6 is 11.8 Å². The molecule has 0 aliphatic heterocycles. The van der Waals surface area contributed by atoms with Gasteiger partial charge in [-0.2, -0.15) is 0 Å². The van der Waals surface area contributed by atoms with Gasteiger partial charge in [-0.15, -0.1) is 6.58 Å². The van der Waals surface area contributed by atoms with E-state index in [-0.39, 0.29) is 11.5 Å². The summed E-state index contributed by atoms with van der Waals surface area (Å²) < 4.78 is 1.56. The summed E-state index contributed by atoms with van der Waals surface area (Å²) in [5, 5.41) is 0.671. The van der Waals surface area contributed by atoms with Gasteiger partial charge in [0.2, 0.25) is 5.91 Å². The molecule has 1 atom stereocenters. The molecule has 1 amide bonds. The topological polar surface area (TPSA) is 55.2 Å². The predicted molar refractivity (Wildman–Crippen MR) is 111 cm³/mol. The van der Waals surface area contributed by atoms with Crippen LogP contribution in [0.4, 0.5) is 5.69 Å². The molecule has 0 aliphatic carbocycles. The highest BCUT2D eigenvalue weighted by atomic mass is 32.2. The highest BCUT2D eigenvalue weighted by Crippen LogP contribution is 2.25. The molecule has 0 bridgehead atoms. The standard InChI is InChI=1S/C21H21N3O2S/c1-4-14-24-20(26)17-12-8-9-13-18(17)22-21(24)27-15(2)19(25)23(3)16-10-6-5-7-11-16/h4-13,15H,1,14H2,2-3H3/t15-/m1/s1. The molecule has 0 fully saturated rings. The molecule has 0 saturated heterocycles. The molecule has 27 heavy (non-hydrogen) atoms. The SMILES string of the molecule is C=CCn1c(S[C@H](C)C(=O)N(C)c2ccccc2)nc2ccccc2c1=O. The van der Waals surface area contributed by atoms with Crippen LogP contribution in [0.1, 0.15) is 6.92 Å². The summed E-state index contributed by atoms with van der Waals surface area (Å²) in [7, 11) is 1.75. The van der Waals surface area contributed by atoms with E-state index in [9.17, 15) is 9.59 Å². The normalized spacial score (nSPS) is 11.9. The first-order valence-corrected chi connectivity index (χ1v) is 9.50.